The maximum atomic E-state index is 5.73. The minimum Gasteiger partial charge on any atom is -0.385 e. The third kappa shape index (κ3) is 8.09. The van der Waals surface area contributed by atoms with Crippen LogP contribution in [-0.2, 0) is 4.74 Å². The number of ether oxygens (including phenoxy) is 1. The molecule has 0 aliphatic carbocycles. The first-order valence-corrected chi connectivity index (χ1v) is 4.79. The van der Waals surface area contributed by atoms with E-state index in [1.807, 2.05) is 4.81 Å². The molecule has 12 heavy (non-hydrogen) atoms. The fourth-order valence-electron chi connectivity index (χ4n) is 1.09. The number of hydrogen-bond donors (Lipinski definition) is 0. The largest absolute Gasteiger partial charge is 0.385 e. The second kappa shape index (κ2) is 9.08. The van der Waals surface area contributed by atoms with Crippen molar-refractivity contribution in [2.45, 2.75) is 32.6 Å². The van der Waals surface area contributed by atoms with Crippen LogP contribution in [0.15, 0.2) is 0 Å². The molecule has 3 heteroatoms. The van der Waals surface area contributed by atoms with E-state index in [1.165, 1.54) is 19.3 Å². The summed E-state index contributed by atoms with van der Waals surface area (Å²) in [7, 11) is 7.45. The summed E-state index contributed by atoms with van der Waals surface area (Å²) in [6.45, 7) is 4.96. The number of unbranched alkanes of at least 4 members (excludes halogenated alkanes) is 2. The molecule has 0 fully saturated rings. The van der Waals surface area contributed by atoms with Gasteiger partial charge in [-0.2, -0.15) is 0 Å². The summed E-state index contributed by atoms with van der Waals surface area (Å²) in [5.41, 5.74) is 0. The third-order valence-electron chi connectivity index (χ3n) is 1.84. The van der Waals surface area contributed by atoms with E-state index in [-0.39, 0.29) is 0 Å². The highest BCUT2D eigenvalue weighted by atomic mass is 16.5. The Kier molecular flexibility index (Phi) is 9.06. The Labute approximate surface area is 77.7 Å². The van der Waals surface area contributed by atoms with Crippen molar-refractivity contribution in [1.82, 2.24) is 4.81 Å². The molecule has 0 aromatic heterocycles. The smallest absolute Gasteiger partial charge is 0.182 e. The second-order valence-corrected chi connectivity index (χ2v) is 3.09. The normalized spacial score (nSPS) is 10.9. The first-order chi connectivity index (χ1) is 5.81. The zero-order valence-electron chi connectivity index (χ0n) is 8.38. The van der Waals surface area contributed by atoms with Gasteiger partial charge < -0.3 is 9.55 Å². The average molecular weight is 169 g/mol. The van der Waals surface area contributed by atoms with Crippen molar-refractivity contribution in [2.75, 3.05) is 26.8 Å². The molecule has 0 spiro atoms. The van der Waals surface area contributed by atoms with Gasteiger partial charge in [0.15, 0.2) is 7.98 Å². The van der Waals surface area contributed by atoms with Crippen LogP contribution < -0.4 is 0 Å². The first kappa shape index (κ1) is 12.0. The standard InChI is InChI=1S/C9H20BNO/c1-3-4-5-7-11(10)8-6-9-12-2/h3-9H2,1-2H3. The lowest BCUT2D eigenvalue weighted by Crippen LogP contribution is -2.23. The molecule has 70 valence electrons. The van der Waals surface area contributed by atoms with Gasteiger partial charge in [0.25, 0.3) is 0 Å². The molecule has 0 aliphatic heterocycles. The van der Waals surface area contributed by atoms with Crippen molar-refractivity contribution in [2.24, 2.45) is 0 Å². The molecule has 0 N–H and O–H groups in total. The van der Waals surface area contributed by atoms with E-state index in [1.54, 1.807) is 7.11 Å². The van der Waals surface area contributed by atoms with Gasteiger partial charge in [-0.3, -0.25) is 0 Å². The molecule has 0 heterocycles. The Bertz CT molecular complexity index is 80.6. The molecule has 0 aromatic carbocycles. The van der Waals surface area contributed by atoms with Crippen molar-refractivity contribution in [1.29, 1.82) is 0 Å². The topological polar surface area (TPSA) is 12.5 Å². The van der Waals surface area contributed by atoms with Crippen LogP contribution in [0.4, 0.5) is 0 Å². The van der Waals surface area contributed by atoms with Gasteiger partial charge >= 0.3 is 0 Å². The van der Waals surface area contributed by atoms with Gasteiger partial charge in [0, 0.05) is 13.7 Å². The summed E-state index contributed by atoms with van der Waals surface area (Å²) in [6.07, 6.45) is 4.77. The van der Waals surface area contributed by atoms with Crippen LogP contribution >= 0.6 is 0 Å². The summed E-state index contributed by atoms with van der Waals surface area (Å²) >= 11 is 0. The quantitative estimate of drug-likeness (QED) is 0.404. The van der Waals surface area contributed by atoms with Crippen LogP contribution in [-0.4, -0.2) is 39.6 Å². The van der Waals surface area contributed by atoms with Crippen LogP contribution in [0.5, 0.6) is 0 Å². The molecule has 0 bridgehead atoms. The number of nitrogens with zero attached hydrogens (tertiary/aromatic N) is 1. The molecule has 0 aromatic rings. The van der Waals surface area contributed by atoms with E-state index in [2.05, 4.69) is 6.92 Å². The number of hydrogen-bond acceptors (Lipinski definition) is 2. The van der Waals surface area contributed by atoms with E-state index in [9.17, 15) is 0 Å². The van der Waals surface area contributed by atoms with Crippen molar-refractivity contribution in [3.63, 3.8) is 0 Å². The highest BCUT2D eigenvalue weighted by Crippen LogP contribution is 1.96. The van der Waals surface area contributed by atoms with Gasteiger partial charge in [-0.15, -0.1) is 0 Å². The molecular weight excluding hydrogens is 149 g/mol. The maximum Gasteiger partial charge on any atom is 0.182 e. The lowest BCUT2D eigenvalue weighted by Gasteiger charge is -2.16. The van der Waals surface area contributed by atoms with E-state index in [0.29, 0.717) is 0 Å². The summed E-state index contributed by atoms with van der Waals surface area (Å²) in [5.74, 6) is 0. The van der Waals surface area contributed by atoms with E-state index >= 15 is 0 Å². The Morgan fingerprint density at radius 2 is 1.83 bits per heavy atom. The van der Waals surface area contributed by atoms with Gasteiger partial charge in [0.05, 0.1) is 0 Å². The predicted molar refractivity (Wildman–Crippen MR) is 53.3 cm³/mol. The molecule has 0 unspecified atom stereocenters. The summed E-state index contributed by atoms with van der Waals surface area (Å²) in [4.78, 5) is 1.88. The molecule has 0 amide bonds. The van der Waals surface area contributed by atoms with Crippen LogP contribution in [0.1, 0.15) is 32.6 Å². The van der Waals surface area contributed by atoms with Crippen molar-refractivity contribution >= 4 is 7.98 Å². The second-order valence-electron chi connectivity index (χ2n) is 3.09. The maximum absolute atomic E-state index is 5.73. The summed E-state index contributed by atoms with van der Waals surface area (Å²) in [5, 5.41) is 0. The van der Waals surface area contributed by atoms with Crippen LogP contribution in [0.25, 0.3) is 0 Å². The van der Waals surface area contributed by atoms with Gasteiger partial charge in [0.1, 0.15) is 0 Å². The zero-order chi connectivity index (χ0) is 9.23. The number of rotatable bonds is 8. The van der Waals surface area contributed by atoms with Crippen LogP contribution in [0, 0.1) is 0 Å². The molecule has 0 aliphatic rings. The fourth-order valence-corrected chi connectivity index (χ4v) is 1.09. The highest BCUT2D eigenvalue weighted by Gasteiger charge is 1.96. The Hall–Kier alpha value is -0.0151. The fraction of sp³-hybridized carbons (Fsp3) is 1.00. The van der Waals surface area contributed by atoms with Gasteiger partial charge in [-0.25, -0.2) is 0 Å². The van der Waals surface area contributed by atoms with Gasteiger partial charge in [-0.1, -0.05) is 19.8 Å². The number of methoxy groups -OCH3 is 1. The lowest BCUT2D eigenvalue weighted by molar-refractivity contribution is 0.187. The van der Waals surface area contributed by atoms with Crippen LogP contribution in [0.3, 0.4) is 0 Å². The molecule has 0 atom stereocenters. The van der Waals surface area contributed by atoms with E-state index in [0.717, 1.165) is 26.1 Å². The Morgan fingerprint density at radius 1 is 1.17 bits per heavy atom. The summed E-state index contributed by atoms with van der Waals surface area (Å²) < 4.78 is 4.94. The Balaban J connectivity index is 3.04. The Morgan fingerprint density at radius 3 is 2.42 bits per heavy atom. The monoisotopic (exact) mass is 169 g/mol. The molecule has 0 rings (SSSR count). The summed E-state index contributed by atoms with van der Waals surface area (Å²) in [6, 6.07) is 0. The van der Waals surface area contributed by atoms with E-state index < -0.39 is 0 Å². The van der Waals surface area contributed by atoms with Crippen molar-refractivity contribution in [3.8, 4) is 0 Å². The van der Waals surface area contributed by atoms with Gasteiger partial charge in [0.2, 0.25) is 0 Å². The highest BCUT2D eigenvalue weighted by molar-refractivity contribution is 6.04. The van der Waals surface area contributed by atoms with Crippen LogP contribution in [0.2, 0.25) is 0 Å². The SMILES string of the molecule is [B]N(CCCCC)CCCOC. The molecule has 2 radical (unpaired) electrons. The van der Waals surface area contributed by atoms with Crippen molar-refractivity contribution < 1.29 is 4.74 Å². The minimum atomic E-state index is 0.807. The van der Waals surface area contributed by atoms with E-state index in [4.69, 9.17) is 12.7 Å². The minimum absolute atomic E-state index is 0.807. The molecule has 0 saturated heterocycles. The lowest BCUT2D eigenvalue weighted by atomic mass is 10.2. The van der Waals surface area contributed by atoms with Gasteiger partial charge in [-0.05, 0) is 25.9 Å². The predicted octanol–water partition coefficient (Wildman–Crippen LogP) is 1.60. The first-order valence-electron chi connectivity index (χ1n) is 4.79. The molecule has 2 nitrogen and oxygen atoms in total. The average Bonchev–Trinajstić information content (AvgIpc) is 2.06. The third-order valence-corrected chi connectivity index (χ3v) is 1.84. The molecular formula is C9H20BNO. The van der Waals surface area contributed by atoms with Crippen molar-refractivity contribution in [3.05, 3.63) is 0 Å². The molecule has 0 saturated carbocycles. The zero-order valence-corrected chi connectivity index (χ0v) is 8.38.